The molecule has 0 spiro atoms. The van der Waals surface area contributed by atoms with Crippen LogP contribution in [0.15, 0.2) is 12.3 Å². The summed E-state index contributed by atoms with van der Waals surface area (Å²) in [6.07, 6.45) is 3.93. The van der Waals surface area contributed by atoms with E-state index in [1.165, 1.54) is 6.92 Å². The fourth-order valence-corrected chi connectivity index (χ4v) is 2.03. The largest absolute Gasteiger partial charge is 0.293 e. The van der Waals surface area contributed by atoms with E-state index in [9.17, 15) is 4.79 Å². The highest BCUT2D eigenvalue weighted by Crippen LogP contribution is 2.37. The number of carbonyl (C=O) groups excluding carboxylic acids is 1. The van der Waals surface area contributed by atoms with Crippen LogP contribution in [0.25, 0.3) is 10.9 Å². The molecule has 0 saturated heterocycles. The van der Waals surface area contributed by atoms with Gasteiger partial charge < -0.3 is 0 Å². The highest BCUT2D eigenvalue weighted by atomic mass is 35.5. The van der Waals surface area contributed by atoms with Gasteiger partial charge in [0.1, 0.15) is 10.8 Å². The minimum atomic E-state index is -0.0355. The van der Waals surface area contributed by atoms with Crippen LogP contribution in [0.1, 0.15) is 36.3 Å². The third-order valence-electron chi connectivity index (χ3n) is 2.79. The number of hydrogen-bond donors (Lipinski definition) is 0. The fourth-order valence-electron chi connectivity index (χ4n) is 1.87. The topological polar surface area (TPSA) is 47.8 Å². The highest BCUT2D eigenvalue weighted by molar-refractivity contribution is 6.30. The van der Waals surface area contributed by atoms with E-state index in [1.54, 1.807) is 12.3 Å². The maximum Gasteiger partial charge on any atom is 0.180 e. The SMILES string of the molecule is CC(=O)c1nn(C2CC2)c2cnc(Cl)cc12. The lowest BCUT2D eigenvalue weighted by atomic mass is 10.2. The molecule has 0 atom stereocenters. The van der Waals surface area contributed by atoms with Crippen molar-refractivity contribution in [2.45, 2.75) is 25.8 Å². The van der Waals surface area contributed by atoms with Crippen molar-refractivity contribution in [3.63, 3.8) is 0 Å². The van der Waals surface area contributed by atoms with Crippen LogP contribution in [0, 0.1) is 0 Å². The summed E-state index contributed by atoms with van der Waals surface area (Å²) < 4.78 is 1.90. The second kappa shape index (κ2) is 3.28. The first-order valence-corrected chi connectivity index (χ1v) is 5.59. The van der Waals surface area contributed by atoms with Crippen molar-refractivity contribution in [2.24, 2.45) is 0 Å². The Morgan fingerprint density at radius 3 is 2.94 bits per heavy atom. The van der Waals surface area contributed by atoms with E-state index in [2.05, 4.69) is 10.1 Å². The Bertz CT molecular complexity index is 586. The molecule has 1 aliphatic carbocycles. The van der Waals surface area contributed by atoms with Crippen molar-refractivity contribution in [1.29, 1.82) is 0 Å². The second-order valence-electron chi connectivity index (χ2n) is 4.10. The molecule has 2 heterocycles. The molecule has 1 fully saturated rings. The van der Waals surface area contributed by atoms with Crippen LogP contribution in [0.3, 0.4) is 0 Å². The smallest absolute Gasteiger partial charge is 0.180 e. The fraction of sp³-hybridized carbons (Fsp3) is 0.364. The molecular weight excluding hydrogens is 226 g/mol. The van der Waals surface area contributed by atoms with Gasteiger partial charge in [0.15, 0.2) is 5.78 Å². The first-order valence-electron chi connectivity index (χ1n) is 5.21. The van der Waals surface area contributed by atoms with Gasteiger partial charge in [0.2, 0.25) is 0 Å². The molecule has 5 heteroatoms. The Hall–Kier alpha value is -1.42. The second-order valence-corrected chi connectivity index (χ2v) is 4.49. The van der Waals surface area contributed by atoms with Crippen LogP contribution in [-0.2, 0) is 0 Å². The molecule has 0 aromatic carbocycles. The minimum Gasteiger partial charge on any atom is -0.293 e. The van der Waals surface area contributed by atoms with Crippen molar-refractivity contribution >= 4 is 28.3 Å². The number of carbonyl (C=O) groups is 1. The lowest BCUT2D eigenvalue weighted by Gasteiger charge is -1.98. The number of Topliss-reactive ketones (excluding diaryl/α,β-unsaturated/α-hetero) is 1. The summed E-state index contributed by atoms with van der Waals surface area (Å²) in [6.45, 7) is 1.52. The summed E-state index contributed by atoms with van der Waals surface area (Å²) in [5.41, 5.74) is 1.39. The molecule has 2 aromatic rings. The lowest BCUT2D eigenvalue weighted by molar-refractivity contribution is 0.101. The van der Waals surface area contributed by atoms with E-state index in [0.717, 1.165) is 23.7 Å². The van der Waals surface area contributed by atoms with Gasteiger partial charge in [0, 0.05) is 12.3 Å². The van der Waals surface area contributed by atoms with Crippen LogP contribution in [0.4, 0.5) is 0 Å². The summed E-state index contributed by atoms with van der Waals surface area (Å²) in [5.74, 6) is -0.0355. The van der Waals surface area contributed by atoms with Crippen molar-refractivity contribution in [1.82, 2.24) is 14.8 Å². The molecule has 1 aliphatic rings. The highest BCUT2D eigenvalue weighted by Gasteiger charge is 2.28. The maximum absolute atomic E-state index is 11.5. The number of pyridine rings is 1. The molecule has 2 aromatic heterocycles. The van der Waals surface area contributed by atoms with Crippen LogP contribution >= 0.6 is 11.6 Å². The number of nitrogens with zero attached hydrogens (tertiary/aromatic N) is 3. The first kappa shape index (κ1) is 9.78. The molecule has 1 saturated carbocycles. The zero-order valence-electron chi connectivity index (χ0n) is 8.77. The number of rotatable bonds is 2. The minimum absolute atomic E-state index is 0.0355. The van der Waals surface area contributed by atoms with E-state index in [-0.39, 0.29) is 5.78 Å². The van der Waals surface area contributed by atoms with Crippen molar-refractivity contribution < 1.29 is 4.79 Å². The van der Waals surface area contributed by atoms with Gasteiger partial charge in [-0.25, -0.2) is 4.98 Å². The lowest BCUT2D eigenvalue weighted by Crippen LogP contribution is -1.99. The van der Waals surface area contributed by atoms with Gasteiger partial charge in [-0.3, -0.25) is 9.48 Å². The molecule has 82 valence electrons. The molecule has 3 rings (SSSR count). The van der Waals surface area contributed by atoms with E-state index in [1.807, 2.05) is 4.68 Å². The van der Waals surface area contributed by atoms with Gasteiger partial charge in [-0.1, -0.05) is 11.6 Å². The molecule has 16 heavy (non-hydrogen) atoms. The standard InChI is InChI=1S/C11H10ClN3O/c1-6(16)11-8-4-10(12)13-5-9(8)15(14-11)7-2-3-7/h4-5,7H,2-3H2,1H3. The monoisotopic (exact) mass is 235 g/mol. The molecule has 0 N–H and O–H groups in total. The average Bonchev–Trinajstić information content (AvgIpc) is 2.99. The molecule has 0 radical (unpaired) electrons. The van der Waals surface area contributed by atoms with E-state index in [4.69, 9.17) is 11.6 Å². The Balaban J connectivity index is 2.32. The molecular formula is C11H10ClN3O. The van der Waals surface area contributed by atoms with E-state index < -0.39 is 0 Å². The number of ketones is 1. The summed E-state index contributed by atoms with van der Waals surface area (Å²) in [6, 6.07) is 2.14. The summed E-state index contributed by atoms with van der Waals surface area (Å²) in [4.78, 5) is 15.5. The molecule has 0 bridgehead atoms. The molecule has 0 amide bonds. The Morgan fingerprint density at radius 1 is 1.56 bits per heavy atom. The number of fused-ring (bicyclic) bond motifs is 1. The van der Waals surface area contributed by atoms with Gasteiger partial charge in [-0.15, -0.1) is 0 Å². The van der Waals surface area contributed by atoms with Gasteiger partial charge in [-0.05, 0) is 18.9 Å². The zero-order valence-corrected chi connectivity index (χ0v) is 9.53. The summed E-state index contributed by atoms with van der Waals surface area (Å²) >= 11 is 5.84. The first-order chi connectivity index (χ1) is 7.66. The summed E-state index contributed by atoms with van der Waals surface area (Å²) in [5, 5.41) is 5.56. The van der Waals surface area contributed by atoms with Gasteiger partial charge in [0.25, 0.3) is 0 Å². The Kier molecular flexibility index (Phi) is 2.01. The van der Waals surface area contributed by atoms with E-state index in [0.29, 0.717) is 16.9 Å². The average molecular weight is 236 g/mol. The summed E-state index contributed by atoms with van der Waals surface area (Å²) in [7, 11) is 0. The third-order valence-corrected chi connectivity index (χ3v) is 2.99. The van der Waals surface area contributed by atoms with Crippen LogP contribution in [0.2, 0.25) is 5.15 Å². The van der Waals surface area contributed by atoms with Crippen LogP contribution in [0.5, 0.6) is 0 Å². The predicted octanol–water partition coefficient (Wildman–Crippen LogP) is 2.62. The quantitative estimate of drug-likeness (QED) is 0.594. The molecule has 0 aliphatic heterocycles. The number of hydrogen-bond acceptors (Lipinski definition) is 3. The normalized spacial score (nSPS) is 15.6. The number of aromatic nitrogens is 3. The van der Waals surface area contributed by atoms with Gasteiger partial charge >= 0.3 is 0 Å². The van der Waals surface area contributed by atoms with Crippen LogP contribution < -0.4 is 0 Å². The van der Waals surface area contributed by atoms with E-state index >= 15 is 0 Å². The van der Waals surface area contributed by atoms with Crippen molar-refractivity contribution in [2.75, 3.05) is 0 Å². The van der Waals surface area contributed by atoms with Crippen molar-refractivity contribution in [3.8, 4) is 0 Å². The molecule has 0 unspecified atom stereocenters. The third kappa shape index (κ3) is 1.41. The number of halogens is 1. The maximum atomic E-state index is 11.5. The van der Waals surface area contributed by atoms with Crippen molar-refractivity contribution in [3.05, 3.63) is 23.1 Å². The van der Waals surface area contributed by atoms with Crippen LogP contribution in [-0.4, -0.2) is 20.5 Å². The predicted molar refractivity (Wildman–Crippen MR) is 60.8 cm³/mol. The Labute approximate surface area is 97.2 Å². The van der Waals surface area contributed by atoms with Gasteiger partial charge in [0.05, 0.1) is 17.8 Å². The molecule has 4 nitrogen and oxygen atoms in total. The Morgan fingerprint density at radius 2 is 2.31 bits per heavy atom. The zero-order chi connectivity index (χ0) is 11.3. The van der Waals surface area contributed by atoms with Gasteiger partial charge in [-0.2, -0.15) is 5.10 Å².